The van der Waals surface area contributed by atoms with E-state index in [1.54, 1.807) is 0 Å². The van der Waals surface area contributed by atoms with Crippen molar-refractivity contribution in [1.29, 1.82) is 0 Å². The van der Waals surface area contributed by atoms with Crippen molar-refractivity contribution < 1.29 is 9.42 Å². The summed E-state index contributed by atoms with van der Waals surface area (Å²) in [5, 5.41) is 7.10. The number of nitrogens with zero attached hydrogens (tertiary/aromatic N) is 2. The maximum atomic E-state index is 10.5. The first-order valence-corrected chi connectivity index (χ1v) is 3.75. The standard InChI is InChI=1S/C9H6N2O2/c12-6-8-9(11-13-10-8)7-4-2-1-3-5-7/h1-6H. The molecule has 2 aromatic rings. The lowest BCUT2D eigenvalue weighted by molar-refractivity contribution is 0.111. The smallest absolute Gasteiger partial charge is 0.175 e. The molecule has 0 spiro atoms. The van der Waals surface area contributed by atoms with Gasteiger partial charge >= 0.3 is 0 Å². The second kappa shape index (κ2) is 3.18. The van der Waals surface area contributed by atoms with Crippen LogP contribution in [0.1, 0.15) is 10.5 Å². The normalized spacial score (nSPS) is 9.85. The van der Waals surface area contributed by atoms with Crippen molar-refractivity contribution in [3.63, 3.8) is 0 Å². The van der Waals surface area contributed by atoms with E-state index in [0.29, 0.717) is 12.0 Å². The van der Waals surface area contributed by atoms with Gasteiger partial charge in [0.1, 0.15) is 5.69 Å². The topological polar surface area (TPSA) is 56.0 Å². The average molecular weight is 174 g/mol. The Balaban J connectivity index is 2.52. The summed E-state index contributed by atoms with van der Waals surface area (Å²) in [4.78, 5) is 10.5. The van der Waals surface area contributed by atoms with Crippen molar-refractivity contribution in [2.45, 2.75) is 0 Å². The predicted octanol–water partition coefficient (Wildman–Crippen LogP) is 1.55. The fourth-order valence-electron chi connectivity index (χ4n) is 1.07. The number of hydrogen-bond acceptors (Lipinski definition) is 4. The molecular formula is C9H6N2O2. The first kappa shape index (κ1) is 7.67. The van der Waals surface area contributed by atoms with Crippen LogP contribution in [0.5, 0.6) is 0 Å². The Kier molecular flexibility index (Phi) is 1.88. The molecule has 0 atom stereocenters. The third-order valence-electron chi connectivity index (χ3n) is 1.67. The molecule has 0 bridgehead atoms. The number of rotatable bonds is 2. The minimum absolute atomic E-state index is 0.228. The predicted molar refractivity (Wildman–Crippen MR) is 45.1 cm³/mol. The monoisotopic (exact) mass is 174 g/mol. The maximum Gasteiger partial charge on any atom is 0.175 e. The fraction of sp³-hybridized carbons (Fsp3) is 0. The number of carbonyl (C=O) groups is 1. The highest BCUT2D eigenvalue weighted by Crippen LogP contribution is 2.17. The molecule has 1 aromatic heterocycles. The number of aldehydes is 1. The van der Waals surface area contributed by atoms with Gasteiger partial charge in [-0.3, -0.25) is 4.79 Å². The van der Waals surface area contributed by atoms with Gasteiger partial charge in [-0.1, -0.05) is 30.3 Å². The molecule has 4 nitrogen and oxygen atoms in total. The van der Waals surface area contributed by atoms with Crippen molar-refractivity contribution in [2.75, 3.05) is 0 Å². The van der Waals surface area contributed by atoms with Gasteiger partial charge in [0.05, 0.1) is 0 Å². The minimum Gasteiger partial charge on any atom is -0.296 e. The van der Waals surface area contributed by atoms with Crippen LogP contribution in [-0.4, -0.2) is 16.6 Å². The van der Waals surface area contributed by atoms with Crippen LogP contribution in [0.2, 0.25) is 0 Å². The molecule has 0 aliphatic heterocycles. The minimum atomic E-state index is 0.228. The summed E-state index contributed by atoms with van der Waals surface area (Å²) in [7, 11) is 0. The van der Waals surface area contributed by atoms with Gasteiger partial charge in [-0.05, 0) is 10.3 Å². The Bertz CT molecular complexity index is 409. The van der Waals surface area contributed by atoms with E-state index in [1.165, 1.54) is 0 Å². The summed E-state index contributed by atoms with van der Waals surface area (Å²) in [6.45, 7) is 0. The summed E-state index contributed by atoms with van der Waals surface area (Å²) in [5.41, 5.74) is 1.53. The fourth-order valence-corrected chi connectivity index (χ4v) is 1.07. The third kappa shape index (κ3) is 1.33. The third-order valence-corrected chi connectivity index (χ3v) is 1.67. The van der Waals surface area contributed by atoms with Gasteiger partial charge in [0.25, 0.3) is 0 Å². The van der Waals surface area contributed by atoms with E-state index in [1.807, 2.05) is 30.3 Å². The number of carbonyl (C=O) groups excluding carboxylic acids is 1. The van der Waals surface area contributed by atoms with Gasteiger partial charge in [-0.25, -0.2) is 4.63 Å². The highest BCUT2D eigenvalue weighted by molar-refractivity contribution is 5.82. The molecule has 0 amide bonds. The number of aromatic nitrogens is 2. The highest BCUT2D eigenvalue weighted by Gasteiger charge is 2.09. The van der Waals surface area contributed by atoms with Crippen LogP contribution in [-0.2, 0) is 0 Å². The summed E-state index contributed by atoms with van der Waals surface area (Å²) < 4.78 is 4.46. The van der Waals surface area contributed by atoms with Crippen molar-refractivity contribution in [2.24, 2.45) is 0 Å². The molecule has 1 aromatic carbocycles. The molecule has 0 unspecified atom stereocenters. The summed E-state index contributed by atoms with van der Waals surface area (Å²) >= 11 is 0. The molecule has 0 N–H and O–H groups in total. The Morgan fingerprint density at radius 1 is 1.15 bits per heavy atom. The molecule has 0 aliphatic rings. The van der Waals surface area contributed by atoms with Gasteiger partial charge in [-0.15, -0.1) is 0 Å². The maximum absolute atomic E-state index is 10.5. The molecule has 0 radical (unpaired) electrons. The zero-order chi connectivity index (χ0) is 9.10. The van der Waals surface area contributed by atoms with E-state index in [4.69, 9.17) is 0 Å². The van der Waals surface area contributed by atoms with Gasteiger partial charge < -0.3 is 0 Å². The largest absolute Gasteiger partial charge is 0.296 e. The lowest BCUT2D eigenvalue weighted by atomic mass is 10.1. The van der Waals surface area contributed by atoms with Gasteiger partial charge in [0, 0.05) is 5.56 Å². The van der Waals surface area contributed by atoms with E-state index >= 15 is 0 Å². The number of hydrogen-bond donors (Lipinski definition) is 0. The van der Waals surface area contributed by atoms with Gasteiger partial charge in [0.15, 0.2) is 12.0 Å². The summed E-state index contributed by atoms with van der Waals surface area (Å²) in [6.07, 6.45) is 0.624. The molecule has 13 heavy (non-hydrogen) atoms. The van der Waals surface area contributed by atoms with Crippen LogP contribution >= 0.6 is 0 Å². The van der Waals surface area contributed by atoms with Crippen LogP contribution in [0.3, 0.4) is 0 Å². The second-order valence-electron chi connectivity index (χ2n) is 2.48. The van der Waals surface area contributed by atoms with Crippen molar-refractivity contribution in [1.82, 2.24) is 10.3 Å². The van der Waals surface area contributed by atoms with Crippen molar-refractivity contribution in [3.05, 3.63) is 36.0 Å². The summed E-state index contributed by atoms with van der Waals surface area (Å²) in [5.74, 6) is 0. The molecule has 0 saturated carbocycles. The van der Waals surface area contributed by atoms with E-state index in [0.717, 1.165) is 5.56 Å². The van der Waals surface area contributed by atoms with Crippen LogP contribution in [0, 0.1) is 0 Å². The molecule has 0 aliphatic carbocycles. The zero-order valence-corrected chi connectivity index (χ0v) is 6.68. The first-order valence-electron chi connectivity index (χ1n) is 3.75. The van der Waals surface area contributed by atoms with E-state index in [9.17, 15) is 4.79 Å². The molecule has 64 valence electrons. The Hall–Kier alpha value is -1.97. The Morgan fingerprint density at radius 2 is 1.92 bits per heavy atom. The summed E-state index contributed by atoms with van der Waals surface area (Å²) in [6, 6.07) is 9.29. The first-order chi connectivity index (χ1) is 6.42. The van der Waals surface area contributed by atoms with Crippen molar-refractivity contribution >= 4 is 6.29 Å². The lowest BCUT2D eigenvalue weighted by Gasteiger charge is -1.92. The van der Waals surface area contributed by atoms with Crippen LogP contribution in [0.4, 0.5) is 0 Å². The van der Waals surface area contributed by atoms with E-state index < -0.39 is 0 Å². The second-order valence-corrected chi connectivity index (χ2v) is 2.48. The van der Waals surface area contributed by atoms with Gasteiger partial charge in [-0.2, -0.15) is 0 Å². The SMILES string of the molecule is O=Cc1nonc1-c1ccccc1. The van der Waals surface area contributed by atoms with Crippen molar-refractivity contribution in [3.8, 4) is 11.3 Å². The average Bonchev–Trinajstić information content (AvgIpc) is 2.67. The molecule has 1 heterocycles. The van der Waals surface area contributed by atoms with Crippen LogP contribution in [0.25, 0.3) is 11.3 Å². The number of benzene rings is 1. The van der Waals surface area contributed by atoms with Crippen LogP contribution in [0.15, 0.2) is 35.0 Å². The molecule has 0 saturated heterocycles. The molecular weight excluding hydrogens is 168 g/mol. The quantitative estimate of drug-likeness (QED) is 0.648. The van der Waals surface area contributed by atoms with Crippen LogP contribution < -0.4 is 0 Å². The zero-order valence-electron chi connectivity index (χ0n) is 6.68. The van der Waals surface area contributed by atoms with E-state index in [-0.39, 0.29) is 5.69 Å². The molecule has 2 rings (SSSR count). The van der Waals surface area contributed by atoms with Gasteiger partial charge in [0.2, 0.25) is 0 Å². The highest BCUT2D eigenvalue weighted by atomic mass is 16.6. The Morgan fingerprint density at radius 3 is 2.62 bits per heavy atom. The molecule has 0 fully saturated rings. The Labute approximate surface area is 74.2 Å². The van der Waals surface area contributed by atoms with E-state index in [2.05, 4.69) is 14.9 Å². The lowest BCUT2D eigenvalue weighted by Crippen LogP contribution is -1.84. The molecule has 4 heteroatoms.